The van der Waals surface area contributed by atoms with Crippen LogP contribution in [0.1, 0.15) is 11.1 Å². The third kappa shape index (κ3) is 2.78. The number of hydrogen-bond acceptors (Lipinski definition) is 4. The van der Waals surface area contributed by atoms with Crippen molar-refractivity contribution in [2.24, 2.45) is 0 Å². The standard InChI is InChI=1S/C16H14N2O2/c1-19-15-4-3-13(11-16(15)20-2)14(5-8-17)12-6-9-18-10-7-12/h3-7,9-11H,1-2H3. The molecular formula is C16H14N2O2. The van der Waals surface area contributed by atoms with Gasteiger partial charge in [0, 0.05) is 18.5 Å². The van der Waals surface area contributed by atoms with Crippen LogP contribution in [0.15, 0.2) is 48.8 Å². The molecule has 2 aromatic rings. The van der Waals surface area contributed by atoms with Gasteiger partial charge < -0.3 is 9.47 Å². The van der Waals surface area contributed by atoms with E-state index >= 15 is 0 Å². The van der Waals surface area contributed by atoms with E-state index in [1.807, 2.05) is 30.3 Å². The summed E-state index contributed by atoms with van der Waals surface area (Å²) in [4.78, 5) is 3.99. The lowest BCUT2D eigenvalue weighted by atomic mass is 9.98. The summed E-state index contributed by atoms with van der Waals surface area (Å²) in [6.45, 7) is 0. The quantitative estimate of drug-likeness (QED) is 0.798. The second-order valence-electron chi connectivity index (χ2n) is 3.99. The molecule has 2 rings (SSSR count). The molecule has 0 radical (unpaired) electrons. The predicted molar refractivity (Wildman–Crippen MR) is 76.5 cm³/mol. The van der Waals surface area contributed by atoms with Crippen LogP contribution in [-0.4, -0.2) is 19.2 Å². The molecule has 0 saturated heterocycles. The summed E-state index contributed by atoms with van der Waals surface area (Å²) in [6.07, 6.45) is 4.90. The van der Waals surface area contributed by atoms with Crippen molar-refractivity contribution in [1.29, 1.82) is 5.26 Å². The Kier molecular flexibility index (Phi) is 4.35. The number of ether oxygens (including phenoxy) is 2. The van der Waals surface area contributed by atoms with Gasteiger partial charge in [-0.15, -0.1) is 0 Å². The minimum absolute atomic E-state index is 0.628. The number of aromatic nitrogens is 1. The van der Waals surface area contributed by atoms with Crippen molar-refractivity contribution in [3.8, 4) is 17.6 Å². The van der Waals surface area contributed by atoms with Crippen molar-refractivity contribution in [3.63, 3.8) is 0 Å². The highest BCUT2D eigenvalue weighted by molar-refractivity contribution is 5.82. The molecular weight excluding hydrogens is 252 g/mol. The van der Waals surface area contributed by atoms with Crippen LogP contribution < -0.4 is 9.47 Å². The van der Waals surface area contributed by atoms with E-state index in [2.05, 4.69) is 11.1 Å². The van der Waals surface area contributed by atoms with Crippen LogP contribution >= 0.6 is 0 Å². The number of pyridine rings is 1. The number of nitriles is 1. The van der Waals surface area contributed by atoms with E-state index < -0.39 is 0 Å². The molecule has 0 spiro atoms. The van der Waals surface area contributed by atoms with Crippen LogP contribution in [0.25, 0.3) is 5.57 Å². The van der Waals surface area contributed by atoms with Crippen molar-refractivity contribution in [1.82, 2.24) is 4.98 Å². The lowest BCUT2D eigenvalue weighted by Gasteiger charge is -2.11. The summed E-state index contributed by atoms with van der Waals surface area (Å²) in [5.41, 5.74) is 2.63. The van der Waals surface area contributed by atoms with Gasteiger partial charge in [0.2, 0.25) is 0 Å². The van der Waals surface area contributed by atoms with Gasteiger partial charge in [0.15, 0.2) is 11.5 Å². The maximum atomic E-state index is 8.99. The van der Waals surface area contributed by atoms with E-state index in [0.717, 1.165) is 16.7 Å². The monoisotopic (exact) mass is 266 g/mol. The molecule has 0 saturated carbocycles. The zero-order valence-corrected chi connectivity index (χ0v) is 11.3. The van der Waals surface area contributed by atoms with Crippen molar-refractivity contribution < 1.29 is 9.47 Å². The molecule has 1 aromatic heterocycles. The smallest absolute Gasteiger partial charge is 0.161 e. The lowest BCUT2D eigenvalue weighted by molar-refractivity contribution is 0.355. The van der Waals surface area contributed by atoms with Crippen molar-refractivity contribution >= 4 is 5.57 Å². The molecule has 0 atom stereocenters. The maximum absolute atomic E-state index is 8.99. The molecule has 0 aliphatic carbocycles. The maximum Gasteiger partial charge on any atom is 0.161 e. The summed E-state index contributed by atoms with van der Waals surface area (Å²) in [7, 11) is 3.17. The Morgan fingerprint density at radius 2 is 1.75 bits per heavy atom. The fraction of sp³-hybridized carbons (Fsp3) is 0.125. The minimum Gasteiger partial charge on any atom is -0.493 e. The Bertz CT molecular complexity index is 658. The van der Waals surface area contributed by atoms with Crippen LogP contribution in [0.3, 0.4) is 0 Å². The van der Waals surface area contributed by atoms with Crippen molar-refractivity contribution in [2.45, 2.75) is 0 Å². The van der Waals surface area contributed by atoms with Crippen LogP contribution in [0.4, 0.5) is 0 Å². The average molecular weight is 266 g/mol. The van der Waals surface area contributed by atoms with E-state index in [-0.39, 0.29) is 0 Å². The van der Waals surface area contributed by atoms with Gasteiger partial charge in [0.05, 0.1) is 20.3 Å². The number of nitrogens with zero attached hydrogens (tertiary/aromatic N) is 2. The normalized spacial score (nSPS) is 10.8. The molecule has 0 bridgehead atoms. The Morgan fingerprint density at radius 1 is 1.05 bits per heavy atom. The van der Waals surface area contributed by atoms with Gasteiger partial charge in [-0.05, 0) is 41.0 Å². The van der Waals surface area contributed by atoms with Crippen LogP contribution in [0.2, 0.25) is 0 Å². The first-order valence-electron chi connectivity index (χ1n) is 6.02. The molecule has 0 N–H and O–H groups in total. The number of benzene rings is 1. The van der Waals surface area contributed by atoms with E-state index in [1.54, 1.807) is 26.6 Å². The Labute approximate surface area is 117 Å². The molecule has 0 unspecified atom stereocenters. The SMILES string of the molecule is COc1ccc(C(=CC#N)c2ccncc2)cc1OC. The zero-order valence-electron chi connectivity index (χ0n) is 11.3. The van der Waals surface area contributed by atoms with E-state index in [9.17, 15) is 0 Å². The third-order valence-corrected chi connectivity index (χ3v) is 2.89. The van der Waals surface area contributed by atoms with Gasteiger partial charge in [0.25, 0.3) is 0 Å². The fourth-order valence-electron chi connectivity index (χ4n) is 1.93. The minimum atomic E-state index is 0.628. The number of methoxy groups -OCH3 is 2. The van der Waals surface area contributed by atoms with Gasteiger partial charge in [-0.1, -0.05) is 6.07 Å². The second kappa shape index (κ2) is 6.39. The topological polar surface area (TPSA) is 55.1 Å². The van der Waals surface area contributed by atoms with E-state index in [0.29, 0.717) is 11.5 Å². The first-order chi connectivity index (χ1) is 9.80. The predicted octanol–water partition coefficient (Wildman–Crippen LogP) is 3.05. The molecule has 0 aliphatic heterocycles. The van der Waals surface area contributed by atoms with Crippen LogP contribution in [-0.2, 0) is 0 Å². The Balaban J connectivity index is 2.52. The van der Waals surface area contributed by atoms with E-state index in [4.69, 9.17) is 14.7 Å². The Morgan fingerprint density at radius 3 is 2.35 bits per heavy atom. The third-order valence-electron chi connectivity index (χ3n) is 2.89. The molecule has 0 aliphatic rings. The first-order valence-corrected chi connectivity index (χ1v) is 6.02. The van der Waals surface area contributed by atoms with Crippen LogP contribution in [0.5, 0.6) is 11.5 Å². The summed E-state index contributed by atoms with van der Waals surface area (Å²) in [5, 5.41) is 8.99. The number of rotatable bonds is 4. The summed E-state index contributed by atoms with van der Waals surface area (Å²) >= 11 is 0. The Hall–Kier alpha value is -2.80. The van der Waals surface area contributed by atoms with Gasteiger partial charge in [-0.3, -0.25) is 4.98 Å². The van der Waals surface area contributed by atoms with Gasteiger partial charge in [-0.25, -0.2) is 0 Å². The van der Waals surface area contributed by atoms with Gasteiger partial charge in [-0.2, -0.15) is 5.26 Å². The molecule has 4 nitrogen and oxygen atoms in total. The molecule has 1 aromatic carbocycles. The van der Waals surface area contributed by atoms with Crippen molar-refractivity contribution in [3.05, 3.63) is 59.9 Å². The second-order valence-corrected chi connectivity index (χ2v) is 3.99. The highest BCUT2D eigenvalue weighted by Gasteiger charge is 2.09. The van der Waals surface area contributed by atoms with Gasteiger partial charge in [0.1, 0.15) is 0 Å². The first kappa shape index (κ1) is 13.6. The average Bonchev–Trinajstić information content (AvgIpc) is 2.52. The lowest BCUT2D eigenvalue weighted by Crippen LogP contribution is -1.94. The molecule has 100 valence electrons. The largest absolute Gasteiger partial charge is 0.493 e. The molecule has 0 fully saturated rings. The summed E-state index contributed by atoms with van der Waals surface area (Å²) in [5.74, 6) is 1.28. The molecule has 4 heteroatoms. The molecule has 1 heterocycles. The number of allylic oxidation sites excluding steroid dienone is 1. The molecule has 0 amide bonds. The highest BCUT2D eigenvalue weighted by atomic mass is 16.5. The molecule has 20 heavy (non-hydrogen) atoms. The summed E-state index contributed by atoms with van der Waals surface area (Å²) < 4.78 is 10.5. The zero-order chi connectivity index (χ0) is 14.4. The van der Waals surface area contributed by atoms with Crippen molar-refractivity contribution in [2.75, 3.05) is 14.2 Å². The fourth-order valence-corrected chi connectivity index (χ4v) is 1.93. The number of hydrogen-bond donors (Lipinski definition) is 0. The highest BCUT2D eigenvalue weighted by Crippen LogP contribution is 2.32. The summed E-state index contributed by atoms with van der Waals surface area (Å²) in [6, 6.07) is 11.4. The van der Waals surface area contributed by atoms with Gasteiger partial charge >= 0.3 is 0 Å². The van der Waals surface area contributed by atoms with E-state index in [1.165, 1.54) is 6.08 Å². The van der Waals surface area contributed by atoms with Crippen LogP contribution in [0, 0.1) is 11.3 Å².